The molecule has 0 aliphatic rings. The van der Waals surface area contributed by atoms with E-state index in [0.29, 0.717) is 0 Å². The van der Waals surface area contributed by atoms with E-state index in [0.717, 1.165) is 0 Å². The molecule has 0 aromatic carbocycles. The predicted octanol–water partition coefficient (Wildman–Crippen LogP) is -7.21. The van der Waals surface area contributed by atoms with Gasteiger partial charge in [0.1, 0.15) is 0 Å². The molecular formula is C8H14K2O4. The second-order valence-electron chi connectivity index (χ2n) is 2.95. The maximum atomic E-state index is 9.59. The van der Waals surface area contributed by atoms with Crippen molar-refractivity contribution in [1.29, 1.82) is 0 Å². The van der Waals surface area contributed by atoms with Crippen molar-refractivity contribution in [3.63, 3.8) is 0 Å². The summed E-state index contributed by atoms with van der Waals surface area (Å²) in [6, 6.07) is 0. The molecule has 0 bridgehead atoms. The van der Waals surface area contributed by atoms with Crippen molar-refractivity contribution < 1.29 is 123 Å². The molecule has 0 amide bonds. The van der Waals surface area contributed by atoms with Gasteiger partial charge in [-0.25, -0.2) is 0 Å². The Hall–Kier alpha value is 2.21. The first-order chi connectivity index (χ1) is 5.29. The van der Waals surface area contributed by atoms with E-state index in [-0.39, 0.29) is 115 Å². The van der Waals surface area contributed by atoms with Crippen LogP contribution in [0.15, 0.2) is 0 Å². The molecule has 0 rings (SSSR count). The number of carbonyl (C=O) groups is 2. The van der Waals surface area contributed by atoms with Crippen LogP contribution in [0.25, 0.3) is 0 Å². The first kappa shape index (κ1) is 25.2. The van der Waals surface area contributed by atoms with Gasteiger partial charge in [0, 0.05) is 11.9 Å². The standard InChI is InChI=1S/2C4H8O2.2K/c2*1-3(2)4(5)6;;/h2*3H,1-2H3,(H,5,6);;/q;;2*+1/p-2. The second kappa shape index (κ2) is 15.2. The van der Waals surface area contributed by atoms with Crippen LogP contribution >= 0.6 is 0 Å². The number of aliphatic carboxylic acids is 2. The Bertz CT molecular complexity index is 139. The predicted molar refractivity (Wildman–Crippen MR) is 39.7 cm³/mol. The van der Waals surface area contributed by atoms with Gasteiger partial charge in [-0.2, -0.15) is 0 Å². The zero-order valence-corrected chi connectivity index (χ0v) is 16.0. The van der Waals surface area contributed by atoms with E-state index in [9.17, 15) is 19.8 Å². The van der Waals surface area contributed by atoms with E-state index in [1.807, 2.05) is 0 Å². The molecule has 0 saturated heterocycles. The van der Waals surface area contributed by atoms with E-state index in [4.69, 9.17) is 0 Å². The largest absolute Gasteiger partial charge is 1.00 e. The first-order valence-electron chi connectivity index (χ1n) is 3.70. The third kappa shape index (κ3) is 23.8. The molecule has 0 aromatic rings. The smallest absolute Gasteiger partial charge is 0.550 e. The summed E-state index contributed by atoms with van der Waals surface area (Å²) in [7, 11) is 0. The van der Waals surface area contributed by atoms with E-state index in [1.54, 1.807) is 27.7 Å². The Morgan fingerprint density at radius 1 is 0.786 bits per heavy atom. The minimum atomic E-state index is -0.991. The molecule has 6 heteroatoms. The number of carbonyl (C=O) groups excluding carboxylic acids is 2. The zero-order valence-electron chi connectivity index (χ0n) is 9.79. The zero-order chi connectivity index (χ0) is 10.3. The molecule has 14 heavy (non-hydrogen) atoms. The van der Waals surface area contributed by atoms with Crippen LogP contribution in [0.3, 0.4) is 0 Å². The third-order valence-corrected chi connectivity index (χ3v) is 0.943. The molecule has 0 saturated carbocycles. The molecular weight excluding hydrogens is 238 g/mol. The second-order valence-corrected chi connectivity index (χ2v) is 2.95. The topological polar surface area (TPSA) is 80.3 Å². The molecule has 0 aliphatic heterocycles. The summed E-state index contributed by atoms with van der Waals surface area (Å²) in [4.78, 5) is 19.2. The van der Waals surface area contributed by atoms with Crippen molar-refractivity contribution in [3.8, 4) is 0 Å². The van der Waals surface area contributed by atoms with Gasteiger partial charge in [0.05, 0.1) is 0 Å². The Labute approximate surface area is 170 Å². The van der Waals surface area contributed by atoms with E-state index in [2.05, 4.69) is 0 Å². The Morgan fingerprint density at radius 3 is 0.857 bits per heavy atom. The fourth-order valence-electron chi connectivity index (χ4n) is 0. The summed E-state index contributed by atoms with van der Waals surface area (Å²) in [5.41, 5.74) is 0. The number of carboxylic acids is 2. The fraction of sp³-hybridized carbons (Fsp3) is 0.750. The molecule has 0 radical (unpaired) electrons. The molecule has 0 unspecified atom stereocenters. The van der Waals surface area contributed by atoms with Crippen LogP contribution in [-0.2, 0) is 9.59 Å². The normalized spacial score (nSPS) is 7.86. The summed E-state index contributed by atoms with van der Waals surface area (Å²) in [6.45, 7) is 6.31. The molecule has 0 fully saturated rings. The Balaban J connectivity index is -0.0000000625. The summed E-state index contributed by atoms with van der Waals surface area (Å²) in [5, 5.41) is 19.2. The summed E-state index contributed by atoms with van der Waals surface area (Å²) >= 11 is 0. The van der Waals surface area contributed by atoms with Crippen LogP contribution in [0.1, 0.15) is 27.7 Å². The average molecular weight is 252 g/mol. The van der Waals surface area contributed by atoms with Crippen molar-refractivity contribution in [2.45, 2.75) is 27.7 Å². The monoisotopic (exact) mass is 252 g/mol. The molecule has 72 valence electrons. The van der Waals surface area contributed by atoms with E-state index in [1.165, 1.54) is 0 Å². The summed E-state index contributed by atoms with van der Waals surface area (Å²) < 4.78 is 0. The number of hydrogen-bond acceptors (Lipinski definition) is 4. The van der Waals surface area contributed by atoms with Gasteiger partial charge in [0.2, 0.25) is 0 Å². The maximum Gasteiger partial charge on any atom is 1.00 e. The molecule has 4 nitrogen and oxygen atoms in total. The summed E-state index contributed by atoms with van der Waals surface area (Å²) in [5.74, 6) is -2.67. The number of rotatable bonds is 2. The Morgan fingerprint density at radius 2 is 0.857 bits per heavy atom. The SMILES string of the molecule is CC(C)C(=O)[O-].CC(C)C(=O)[O-].[K+].[K+]. The van der Waals surface area contributed by atoms with E-state index < -0.39 is 11.9 Å². The molecule has 0 atom stereocenters. The fourth-order valence-corrected chi connectivity index (χ4v) is 0. The van der Waals surface area contributed by atoms with Crippen LogP contribution in [0.2, 0.25) is 0 Å². The van der Waals surface area contributed by atoms with Crippen molar-refractivity contribution in [2.75, 3.05) is 0 Å². The third-order valence-electron chi connectivity index (χ3n) is 0.943. The average Bonchev–Trinajstić information content (AvgIpc) is 1.88. The van der Waals surface area contributed by atoms with Gasteiger partial charge in [0.15, 0.2) is 0 Å². The summed E-state index contributed by atoms with van der Waals surface area (Å²) in [6.07, 6.45) is 0. The van der Waals surface area contributed by atoms with Crippen LogP contribution in [0, 0.1) is 11.8 Å². The quantitative estimate of drug-likeness (QED) is 0.457. The van der Waals surface area contributed by atoms with Crippen LogP contribution in [-0.4, -0.2) is 11.9 Å². The van der Waals surface area contributed by atoms with E-state index >= 15 is 0 Å². The van der Waals surface area contributed by atoms with Gasteiger partial charge in [-0.15, -0.1) is 0 Å². The minimum Gasteiger partial charge on any atom is -0.550 e. The van der Waals surface area contributed by atoms with Crippen LogP contribution < -0.4 is 113 Å². The van der Waals surface area contributed by atoms with Gasteiger partial charge in [-0.3, -0.25) is 0 Å². The first-order valence-corrected chi connectivity index (χ1v) is 3.70. The van der Waals surface area contributed by atoms with Crippen LogP contribution in [0.4, 0.5) is 0 Å². The van der Waals surface area contributed by atoms with Gasteiger partial charge < -0.3 is 19.8 Å². The maximum absolute atomic E-state index is 9.59. The number of hydrogen-bond donors (Lipinski definition) is 0. The van der Waals surface area contributed by atoms with Crippen molar-refractivity contribution in [2.24, 2.45) is 11.8 Å². The molecule has 0 heterocycles. The molecule has 0 aliphatic carbocycles. The van der Waals surface area contributed by atoms with Gasteiger partial charge in [-0.1, -0.05) is 27.7 Å². The van der Waals surface area contributed by atoms with Crippen molar-refractivity contribution >= 4 is 11.9 Å². The van der Waals surface area contributed by atoms with Gasteiger partial charge >= 0.3 is 103 Å². The number of carboxylic acid groups (broad SMARTS) is 2. The van der Waals surface area contributed by atoms with Crippen molar-refractivity contribution in [1.82, 2.24) is 0 Å². The molecule has 0 N–H and O–H groups in total. The molecule has 0 aromatic heterocycles. The van der Waals surface area contributed by atoms with Gasteiger partial charge in [-0.05, 0) is 11.8 Å². The van der Waals surface area contributed by atoms with Crippen molar-refractivity contribution in [3.05, 3.63) is 0 Å². The molecule has 0 spiro atoms. The van der Waals surface area contributed by atoms with Crippen LogP contribution in [0.5, 0.6) is 0 Å². The minimum absolute atomic E-state index is 0. The Kier molecular flexibility index (Phi) is 27.3. The van der Waals surface area contributed by atoms with Gasteiger partial charge in [0.25, 0.3) is 0 Å².